The number of nitrogens with zero attached hydrogens (tertiary/aromatic N) is 1. The van der Waals surface area contributed by atoms with Gasteiger partial charge < -0.3 is 9.47 Å². The third kappa shape index (κ3) is 6.76. The number of carbonyl (C=O) groups excluding carboxylic acids is 1. The standard InChI is InChI=1S/C31H28F9NO3/c1-5-25-27(18-10-21(30(35,36)37)14-22(11-18)31(38,39)40)44-28(42)41(25)15-19-12-20(29(32,33)34)7-8-23(19)24-13-17(16(2)3)6-9-26(24)43-4/h6-14,16,25,27H,5,15H2,1-4H3/t25-,27-/m0/s1. The van der Waals surface area contributed by atoms with Crippen molar-refractivity contribution in [1.29, 1.82) is 0 Å². The Morgan fingerprint density at radius 3 is 1.89 bits per heavy atom. The fourth-order valence-electron chi connectivity index (χ4n) is 5.25. The third-order valence-corrected chi connectivity index (χ3v) is 7.52. The van der Waals surface area contributed by atoms with Gasteiger partial charge in [-0.15, -0.1) is 0 Å². The number of cyclic esters (lactones) is 1. The van der Waals surface area contributed by atoms with Gasteiger partial charge in [-0.1, -0.05) is 32.9 Å². The summed E-state index contributed by atoms with van der Waals surface area (Å²) in [5, 5.41) is 0. The predicted octanol–water partition coefficient (Wildman–Crippen LogP) is 10.0. The number of hydrogen-bond acceptors (Lipinski definition) is 3. The Bertz CT molecular complexity index is 1490. The van der Waals surface area contributed by atoms with E-state index in [0.29, 0.717) is 29.0 Å². The van der Waals surface area contributed by atoms with E-state index in [2.05, 4.69) is 0 Å². The monoisotopic (exact) mass is 633 g/mol. The Hall–Kier alpha value is -3.90. The van der Waals surface area contributed by atoms with Gasteiger partial charge in [0.05, 0.1) is 36.4 Å². The number of hydrogen-bond donors (Lipinski definition) is 0. The normalized spacial score (nSPS) is 17.8. The van der Waals surface area contributed by atoms with Gasteiger partial charge in [0.25, 0.3) is 0 Å². The number of halogens is 9. The van der Waals surface area contributed by atoms with E-state index in [4.69, 9.17) is 9.47 Å². The molecular weight excluding hydrogens is 605 g/mol. The summed E-state index contributed by atoms with van der Waals surface area (Å²) in [6, 6.07) is 8.02. The van der Waals surface area contributed by atoms with Crippen LogP contribution in [0, 0.1) is 0 Å². The predicted molar refractivity (Wildman–Crippen MR) is 143 cm³/mol. The van der Waals surface area contributed by atoms with Crippen molar-refractivity contribution < 1.29 is 53.8 Å². The van der Waals surface area contributed by atoms with E-state index in [0.717, 1.165) is 22.6 Å². The Morgan fingerprint density at radius 1 is 0.795 bits per heavy atom. The zero-order valence-electron chi connectivity index (χ0n) is 23.9. The summed E-state index contributed by atoms with van der Waals surface area (Å²) in [5.74, 6) is 0.387. The summed E-state index contributed by atoms with van der Waals surface area (Å²) in [5.41, 5.74) is -3.11. The molecule has 1 aliphatic heterocycles. The van der Waals surface area contributed by atoms with Crippen LogP contribution in [0.25, 0.3) is 11.1 Å². The minimum absolute atomic E-state index is 0.00839. The van der Waals surface area contributed by atoms with E-state index in [1.54, 1.807) is 18.2 Å². The van der Waals surface area contributed by atoms with Crippen molar-refractivity contribution in [2.24, 2.45) is 0 Å². The number of benzene rings is 3. The Labute approximate surface area is 247 Å². The second-order valence-corrected chi connectivity index (χ2v) is 10.7. The largest absolute Gasteiger partial charge is 0.496 e. The van der Waals surface area contributed by atoms with Crippen LogP contribution in [-0.2, 0) is 29.8 Å². The fraction of sp³-hybridized carbons (Fsp3) is 0.387. The molecule has 0 unspecified atom stereocenters. The van der Waals surface area contributed by atoms with Crippen LogP contribution in [0.5, 0.6) is 5.75 Å². The molecule has 0 aliphatic carbocycles. The van der Waals surface area contributed by atoms with Crippen LogP contribution < -0.4 is 4.74 Å². The number of alkyl halides is 9. The summed E-state index contributed by atoms with van der Waals surface area (Å²) in [4.78, 5) is 14.1. The minimum atomic E-state index is -5.13. The Kier molecular flexibility index (Phi) is 8.92. The fourth-order valence-corrected chi connectivity index (χ4v) is 5.25. The Morgan fingerprint density at radius 2 is 1.39 bits per heavy atom. The number of carbonyl (C=O) groups is 1. The summed E-state index contributed by atoms with van der Waals surface area (Å²) in [6.07, 6.45) is -17.6. The highest BCUT2D eigenvalue weighted by Gasteiger charge is 2.45. The zero-order chi connectivity index (χ0) is 32.8. The average molecular weight is 634 g/mol. The average Bonchev–Trinajstić information content (AvgIpc) is 3.25. The number of rotatable bonds is 7. The SMILES string of the molecule is CC[C@H]1[C@H](c2cc(C(F)(F)F)cc(C(F)(F)F)c2)OC(=O)N1Cc1cc(C(F)(F)F)ccc1-c1cc(C(C)C)ccc1OC. The molecule has 0 N–H and O–H groups in total. The van der Waals surface area contributed by atoms with Crippen LogP contribution in [0.15, 0.2) is 54.6 Å². The van der Waals surface area contributed by atoms with Crippen LogP contribution >= 0.6 is 0 Å². The first-order valence-corrected chi connectivity index (χ1v) is 13.5. The molecule has 4 rings (SSSR count). The summed E-state index contributed by atoms with van der Waals surface area (Å²) >= 11 is 0. The van der Waals surface area contributed by atoms with Crippen LogP contribution in [0.3, 0.4) is 0 Å². The molecule has 1 aliphatic rings. The van der Waals surface area contributed by atoms with Crippen molar-refractivity contribution in [2.75, 3.05) is 7.11 Å². The molecule has 0 saturated carbocycles. The molecule has 13 heteroatoms. The molecule has 0 aromatic heterocycles. The number of methoxy groups -OCH3 is 1. The summed E-state index contributed by atoms with van der Waals surface area (Å²) in [7, 11) is 1.39. The van der Waals surface area contributed by atoms with E-state index in [1.807, 2.05) is 13.8 Å². The van der Waals surface area contributed by atoms with Crippen molar-refractivity contribution in [2.45, 2.75) is 70.3 Å². The van der Waals surface area contributed by atoms with E-state index in [9.17, 15) is 44.3 Å². The number of amides is 1. The van der Waals surface area contributed by atoms with E-state index >= 15 is 0 Å². The van der Waals surface area contributed by atoms with Crippen molar-refractivity contribution >= 4 is 6.09 Å². The molecule has 0 radical (unpaired) electrons. The lowest BCUT2D eigenvalue weighted by Crippen LogP contribution is -2.33. The molecule has 0 bridgehead atoms. The number of ether oxygens (including phenoxy) is 2. The third-order valence-electron chi connectivity index (χ3n) is 7.52. The van der Waals surface area contributed by atoms with E-state index in [1.165, 1.54) is 20.1 Å². The van der Waals surface area contributed by atoms with Gasteiger partial charge in [-0.2, -0.15) is 39.5 Å². The molecular formula is C31H28F9NO3. The van der Waals surface area contributed by atoms with Crippen molar-refractivity contribution in [3.63, 3.8) is 0 Å². The topological polar surface area (TPSA) is 38.8 Å². The van der Waals surface area contributed by atoms with Gasteiger partial charge in [0.1, 0.15) is 11.9 Å². The van der Waals surface area contributed by atoms with Crippen molar-refractivity contribution in [1.82, 2.24) is 4.90 Å². The van der Waals surface area contributed by atoms with E-state index < -0.39 is 65.6 Å². The highest BCUT2D eigenvalue weighted by Crippen LogP contribution is 2.44. The summed E-state index contributed by atoms with van der Waals surface area (Å²) < 4.78 is 133. The lowest BCUT2D eigenvalue weighted by Gasteiger charge is -2.26. The highest BCUT2D eigenvalue weighted by atomic mass is 19.4. The molecule has 0 spiro atoms. The molecule has 1 heterocycles. The smallest absolute Gasteiger partial charge is 0.416 e. The van der Waals surface area contributed by atoms with Crippen LogP contribution in [-0.4, -0.2) is 24.1 Å². The Balaban J connectivity index is 1.83. The molecule has 1 amide bonds. The van der Waals surface area contributed by atoms with Gasteiger partial charge in [-0.25, -0.2) is 4.79 Å². The van der Waals surface area contributed by atoms with Gasteiger partial charge in [0.15, 0.2) is 0 Å². The van der Waals surface area contributed by atoms with E-state index in [-0.39, 0.29) is 24.0 Å². The van der Waals surface area contributed by atoms with Gasteiger partial charge in [0.2, 0.25) is 0 Å². The maximum Gasteiger partial charge on any atom is 0.416 e. The van der Waals surface area contributed by atoms with Crippen molar-refractivity contribution in [3.05, 3.63) is 88.0 Å². The van der Waals surface area contributed by atoms with Crippen LogP contribution in [0.2, 0.25) is 0 Å². The molecule has 3 aromatic rings. The van der Waals surface area contributed by atoms with Crippen molar-refractivity contribution in [3.8, 4) is 16.9 Å². The second kappa shape index (κ2) is 11.9. The van der Waals surface area contributed by atoms with Gasteiger partial charge in [-0.05, 0) is 77.1 Å². The molecule has 1 fully saturated rings. The first kappa shape index (κ1) is 33.0. The zero-order valence-corrected chi connectivity index (χ0v) is 23.9. The van der Waals surface area contributed by atoms with Crippen LogP contribution in [0.4, 0.5) is 44.3 Å². The maximum absolute atomic E-state index is 13.8. The molecule has 1 saturated heterocycles. The summed E-state index contributed by atoms with van der Waals surface area (Å²) in [6.45, 7) is 4.90. The van der Waals surface area contributed by atoms with Gasteiger partial charge >= 0.3 is 24.6 Å². The molecule has 4 nitrogen and oxygen atoms in total. The lowest BCUT2D eigenvalue weighted by atomic mass is 9.91. The first-order valence-electron chi connectivity index (χ1n) is 13.5. The molecule has 238 valence electrons. The quantitative estimate of drug-likeness (QED) is 0.243. The highest BCUT2D eigenvalue weighted by molar-refractivity contribution is 5.76. The van der Waals surface area contributed by atoms with Gasteiger partial charge in [-0.3, -0.25) is 4.90 Å². The second-order valence-electron chi connectivity index (χ2n) is 10.7. The van der Waals surface area contributed by atoms with Gasteiger partial charge in [0, 0.05) is 5.56 Å². The molecule has 3 aromatic carbocycles. The minimum Gasteiger partial charge on any atom is -0.496 e. The molecule has 44 heavy (non-hydrogen) atoms. The molecule has 2 atom stereocenters. The first-order chi connectivity index (χ1) is 20.3. The lowest BCUT2D eigenvalue weighted by molar-refractivity contribution is -0.143. The van der Waals surface area contributed by atoms with Crippen LogP contribution in [0.1, 0.15) is 72.6 Å². The maximum atomic E-state index is 13.8.